The first kappa shape index (κ1) is 15.2. The van der Waals surface area contributed by atoms with Crippen LogP contribution in [0.3, 0.4) is 0 Å². The molecule has 0 aliphatic carbocycles. The minimum Gasteiger partial charge on any atom is -0.479 e. The summed E-state index contributed by atoms with van der Waals surface area (Å²) in [7, 11) is 1.68. The number of aliphatic hydroxyl groups is 1. The summed E-state index contributed by atoms with van der Waals surface area (Å²) in [5.74, 6) is -1.92. The van der Waals surface area contributed by atoms with Gasteiger partial charge in [-0.15, -0.1) is 0 Å². The zero-order valence-electron chi connectivity index (χ0n) is 10.4. The summed E-state index contributed by atoms with van der Waals surface area (Å²) in [4.78, 5) is 21.7. The molecule has 104 valence electrons. The van der Waals surface area contributed by atoms with Crippen LogP contribution in [0.15, 0.2) is 6.08 Å². The van der Waals surface area contributed by atoms with E-state index >= 15 is 0 Å². The summed E-state index contributed by atoms with van der Waals surface area (Å²) >= 11 is 5.97. The first-order chi connectivity index (χ1) is 8.82. The molecule has 0 saturated heterocycles. The highest BCUT2D eigenvalue weighted by molar-refractivity contribution is 6.31. The van der Waals surface area contributed by atoms with Crippen LogP contribution in [0.5, 0.6) is 0 Å². The van der Waals surface area contributed by atoms with Crippen LogP contribution in [0.1, 0.15) is 11.3 Å². The molecule has 0 aliphatic rings. The molecule has 0 bridgehead atoms. The van der Waals surface area contributed by atoms with Crippen molar-refractivity contribution in [1.82, 2.24) is 15.1 Å². The third-order valence-electron chi connectivity index (χ3n) is 2.35. The lowest BCUT2D eigenvalue weighted by Gasteiger charge is -2.05. The minimum atomic E-state index is -1.62. The summed E-state index contributed by atoms with van der Waals surface area (Å²) in [5, 5.41) is 24.1. The zero-order valence-corrected chi connectivity index (χ0v) is 11.2. The van der Waals surface area contributed by atoms with E-state index in [9.17, 15) is 9.59 Å². The van der Waals surface area contributed by atoms with E-state index in [2.05, 4.69) is 10.4 Å². The predicted molar refractivity (Wildman–Crippen MR) is 68.6 cm³/mol. The number of aryl methyl sites for hydroxylation is 2. The quantitative estimate of drug-likeness (QED) is 0.659. The number of halogens is 1. The molecule has 1 atom stereocenters. The number of aliphatic carboxylic acids is 1. The second-order valence-electron chi connectivity index (χ2n) is 3.85. The van der Waals surface area contributed by atoms with Gasteiger partial charge in [-0.3, -0.25) is 9.48 Å². The molecule has 19 heavy (non-hydrogen) atoms. The van der Waals surface area contributed by atoms with Crippen molar-refractivity contribution >= 4 is 29.6 Å². The number of hydrogen-bond donors (Lipinski definition) is 3. The Balaban J connectivity index is 2.62. The maximum Gasteiger partial charge on any atom is 0.334 e. The fourth-order valence-electron chi connectivity index (χ4n) is 1.34. The van der Waals surface area contributed by atoms with E-state index in [1.807, 2.05) is 0 Å². The summed E-state index contributed by atoms with van der Waals surface area (Å²) in [6.07, 6.45) is 1.05. The number of aromatic nitrogens is 2. The third-order valence-corrected chi connectivity index (χ3v) is 2.80. The minimum absolute atomic E-state index is 0.363. The number of nitrogens with one attached hydrogen (secondary N) is 1. The lowest BCUT2D eigenvalue weighted by Crippen LogP contribution is -2.35. The van der Waals surface area contributed by atoms with Crippen LogP contribution in [0.4, 0.5) is 0 Å². The molecule has 3 N–H and O–H groups in total. The van der Waals surface area contributed by atoms with Gasteiger partial charge in [-0.2, -0.15) is 5.10 Å². The van der Waals surface area contributed by atoms with Crippen molar-refractivity contribution in [2.75, 3.05) is 6.54 Å². The number of carboxylic acids is 1. The number of nitrogens with zero attached hydrogens (tertiary/aromatic N) is 2. The smallest absolute Gasteiger partial charge is 0.334 e. The first-order valence-electron chi connectivity index (χ1n) is 5.38. The number of rotatable bonds is 5. The number of hydrogen-bond acceptors (Lipinski definition) is 4. The highest BCUT2D eigenvalue weighted by Gasteiger charge is 2.13. The Morgan fingerprint density at radius 2 is 2.21 bits per heavy atom. The third kappa shape index (κ3) is 4.08. The highest BCUT2D eigenvalue weighted by atomic mass is 35.5. The Bertz CT molecular complexity index is 524. The molecule has 0 saturated carbocycles. The van der Waals surface area contributed by atoms with Crippen LogP contribution in [0, 0.1) is 6.92 Å². The van der Waals surface area contributed by atoms with Gasteiger partial charge in [-0.05, 0) is 13.0 Å². The molecule has 0 aromatic carbocycles. The molecule has 7 nitrogen and oxygen atoms in total. The number of carbonyl (C=O) groups is 2. The SMILES string of the molecule is Cc1nn(C)c(Cl)c1C=CC(=O)NCC(O)C(=O)O. The Morgan fingerprint density at radius 1 is 1.58 bits per heavy atom. The maximum atomic E-state index is 11.4. The van der Waals surface area contributed by atoms with Crippen LogP contribution in [0.2, 0.25) is 5.15 Å². The Labute approximate surface area is 114 Å². The van der Waals surface area contributed by atoms with E-state index in [-0.39, 0.29) is 6.54 Å². The zero-order chi connectivity index (χ0) is 14.6. The topological polar surface area (TPSA) is 104 Å². The van der Waals surface area contributed by atoms with Gasteiger partial charge in [0.1, 0.15) is 5.15 Å². The highest BCUT2D eigenvalue weighted by Crippen LogP contribution is 2.19. The Morgan fingerprint density at radius 3 is 2.68 bits per heavy atom. The van der Waals surface area contributed by atoms with Gasteiger partial charge in [0, 0.05) is 18.7 Å². The number of amides is 1. The summed E-state index contributed by atoms with van der Waals surface area (Å²) < 4.78 is 1.47. The van der Waals surface area contributed by atoms with Gasteiger partial charge in [-0.25, -0.2) is 4.79 Å². The van der Waals surface area contributed by atoms with Crippen molar-refractivity contribution in [2.24, 2.45) is 7.05 Å². The van der Waals surface area contributed by atoms with Gasteiger partial charge in [-0.1, -0.05) is 11.6 Å². The predicted octanol–water partition coefficient (Wildman–Crippen LogP) is -0.0432. The summed E-state index contributed by atoms with van der Waals surface area (Å²) in [6.45, 7) is 1.38. The standard InChI is InChI=1S/C11H14ClN3O4/c1-6-7(10(12)15(2)14-6)3-4-9(17)13-5-8(16)11(18)19/h3-4,8,16H,5H2,1-2H3,(H,13,17)(H,18,19). The van der Waals surface area contributed by atoms with E-state index in [4.69, 9.17) is 21.8 Å². The van der Waals surface area contributed by atoms with Crippen LogP contribution in [-0.4, -0.2) is 44.5 Å². The van der Waals surface area contributed by atoms with Crippen LogP contribution in [0.25, 0.3) is 6.08 Å². The van der Waals surface area contributed by atoms with Crippen molar-refractivity contribution in [2.45, 2.75) is 13.0 Å². The van der Waals surface area contributed by atoms with Crippen LogP contribution >= 0.6 is 11.6 Å². The second-order valence-corrected chi connectivity index (χ2v) is 4.20. The fraction of sp³-hybridized carbons (Fsp3) is 0.364. The number of carbonyl (C=O) groups excluding carboxylic acids is 1. The van der Waals surface area contributed by atoms with E-state index in [1.54, 1.807) is 14.0 Å². The number of aliphatic hydroxyl groups excluding tert-OH is 1. The van der Waals surface area contributed by atoms with Crippen LogP contribution < -0.4 is 5.32 Å². The molecule has 1 unspecified atom stereocenters. The molecule has 1 aromatic rings. The van der Waals surface area contributed by atoms with E-state index in [1.165, 1.54) is 16.8 Å². The molecule has 0 aliphatic heterocycles. The molecule has 0 spiro atoms. The van der Waals surface area contributed by atoms with E-state index < -0.39 is 18.0 Å². The molecule has 1 heterocycles. The molecular weight excluding hydrogens is 274 g/mol. The molecule has 0 fully saturated rings. The lowest BCUT2D eigenvalue weighted by molar-refractivity contribution is -0.146. The van der Waals surface area contributed by atoms with Gasteiger partial charge in [0.2, 0.25) is 5.91 Å². The van der Waals surface area contributed by atoms with E-state index in [0.29, 0.717) is 16.4 Å². The van der Waals surface area contributed by atoms with Gasteiger partial charge in [0.15, 0.2) is 6.10 Å². The van der Waals surface area contributed by atoms with Gasteiger partial charge in [0.05, 0.1) is 12.2 Å². The lowest BCUT2D eigenvalue weighted by atomic mass is 10.2. The van der Waals surface area contributed by atoms with Crippen molar-refractivity contribution in [3.63, 3.8) is 0 Å². The average Bonchev–Trinajstić information content (AvgIpc) is 2.58. The first-order valence-corrected chi connectivity index (χ1v) is 5.76. The Kier molecular flexibility index (Phi) is 5.08. The Hall–Kier alpha value is -1.86. The van der Waals surface area contributed by atoms with Crippen LogP contribution in [-0.2, 0) is 16.6 Å². The summed E-state index contributed by atoms with van der Waals surface area (Å²) in [5.41, 5.74) is 1.28. The fourth-order valence-corrected chi connectivity index (χ4v) is 1.58. The van der Waals surface area contributed by atoms with Crippen molar-refractivity contribution in [3.05, 3.63) is 22.5 Å². The molecule has 1 rings (SSSR count). The van der Waals surface area contributed by atoms with E-state index in [0.717, 1.165) is 0 Å². The van der Waals surface area contributed by atoms with Crippen molar-refractivity contribution < 1.29 is 19.8 Å². The average molecular weight is 288 g/mol. The molecule has 1 amide bonds. The van der Waals surface area contributed by atoms with Crippen molar-refractivity contribution in [1.29, 1.82) is 0 Å². The van der Waals surface area contributed by atoms with Gasteiger partial charge < -0.3 is 15.5 Å². The normalized spacial score (nSPS) is 12.6. The largest absolute Gasteiger partial charge is 0.479 e. The van der Waals surface area contributed by atoms with Crippen molar-refractivity contribution in [3.8, 4) is 0 Å². The second kappa shape index (κ2) is 6.35. The molecule has 0 radical (unpaired) electrons. The number of carboxylic acid groups (broad SMARTS) is 1. The monoisotopic (exact) mass is 287 g/mol. The summed E-state index contributed by atoms with van der Waals surface area (Å²) in [6, 6.07) is 0. The molecule has 8 heteroatoms. The van der Waals surface area contributed by atoms with Gasteiger partial charge in [0.25, 0.3) is 0 Å². The van der Waals surface area contributed by atoms with Gasteiger partial charge >= 0.3 is 5.97 Å². The maximum absolute atomic E-state index is 11.4. The molecule has 1 aromatic heterocycles. The molecular formula is C11H14ClN3O4.